The van der Waals surface area contributed by atoms with Gasteiger partial charge >= 0.3 is 0 Å². The zero-order chi connectivity index (χ0) is 13.1. The minimum absolute atomic E-state index is 0.301. The Hall–Kier alpha value is -2.43. The topological polar surface area (TPSA) is 87.7 Å². The first-order chi connectivity index (χ1) is 8.61. The van der Waals surface area contributed by atoms with E-state index in [-0.39, 0.29) is 0 Å². The van der Waals surface area contributed by atoms with Gasteiger partial charge in [-0.25, -0.2) is 4.98 Å². The van der Waals surface area contributed by atoms with E-state index in [1.54, 1.807) is 25.4 Å². The molecule has 0 aromatic carbocycles. The van der Waals surface area contributed by atoms with Crippen molar-refractivity contribution in [2.24, 2.45) is 0 Å². The van der Waals surface area contributed by atoms with Crippen LogP contribution >= 0.6 is 0 Å². The Labute approximate surface area is 106 Å². The van der Waals surface area contributed by atoms with E-state index in [0.717, 1.165) is 11.5 Å². The first kappa shape index (κ1) is 12.0. The van der Waals surface area contributed by atoms with Gasteiger partial charge in [-0.15, -0.1) is 0 Å². The van der Waals surface area contributed by atoms with Crippen LogP contribution in [0.4, 0.5) is 11.5 Å². The van der Waals surface area contributed by atoms with E-state index in [2.05, 4.69) is 15.3 Å². The molecule has 0 saturated carbocycles. The van der Waals surface area contributed by atoms with Gasteiger partial charge in [-0.3, -0.25) is 10.4 Å². The molecule has 0 saturated heterocycles. The Morgan fingerprint density at radius 2 is 2.17 bits per heavy atom. The summed E-state index contributed by atoms with van der Waals surface area (Å²) in [6.45, 7) is 1.87. The van der Waals surface area contributed by atoms with Crippen molar-refractivity contribution in [3.05, 3.63) is 47.4 Å². The molecular formula is C13H15N5. The van der Waals surface area contributed by atoms with Crippen molar-refractivity contribution >= 4 is 17.2 Å². The highest BCUT2D eigenvalue weighted by molar-refractivity contribution is 6.12. The molecule has 0 aliphatic rings. The van der Waals surface area contributed by atoms with Gasteiger partial charge in [0.1, 0.15) is 5.82 Å². The predicted molar refractivity (Wildman–Crippen MR) is 73.1 cm³/mol. The minimum Gasteiger partial charge on any atom is -0.397 e. The Kier molecular flexibility index (Phi) is 3.23. The first-order valence-corrected chi connectivity index (χ1v) is 5.58. The molecule has 0 atom stereocenters. The summed E-state index contributed by atoms with van der Waals surface area (Å²) in [6.07, 6.45) is 1.57. The summed E-state index contributed by atoms with van der Waals surface area (Å²) in [5, 5.41) is 11.1. The number of rotatable bonds is 3. The molecule has 92 valence electrons. The summed E-state index contributed by atoms with van der Waals surface area (Å²) >= 11 is 0. The third-order valence-corrected chi connectivity index (χ3v) is 2.60. The average Bonchev–Trinajstić information content (AvgIpc) is 2.41. The van der Waals surface area contributed by atoms with Crippen LogP contribution in [0.1, 0.15) is 17.0 Å². The van der Waals surface area contributed by atoms with E-state index in [1.165, 1.54) is 0 Å². The number of aryl methyl sites for hydroxylation is 1. The molecule has 0 fully saturated rings. The Morgan fingerprint density at radius 3 is 2.89 bits per heavy atom. The van der Waals surface area contributed by atoms with Gasteiger partial charge in [0.05, 0.1) is 23.3 Å². The lowest BCUT2D eigenvalue weighted by atomic mass is 10.1. The molecule has 5 heteroatoms. The molecule has 0 radical (unpaired) electrons. The lowest BCUT2D eigenvalue weighted by Crippen LogP contribution is -2.09. The number of nitrogens with one attached hydrogen (secondary N) is 2. The van der Waals surface area contributed by atoms with Gasteiger partial charge in [-0.05, 0) is 25.1 Å². The van der Waals surface area contributed by atoms with Crippen molar-refractivity contribution in [2.45, 2.75) is 6.92 Å². The van der Waals surface area contributed by atoms with Gasteiger partial charge < -0.3 is 11.1 Å². The average molecular weight is 241 g/mol. The van der Waals surface area contributed by atoms with Crippen molar-refractivity contribution in [3.63, 3.8) is 0 Å². The highest BCUT2D eigenvalue weighted by Crippen LogP contribution is 2.16. The van der Waals surface area contributed by atoms with Crippen LogP contribution < -0.4 is 11.1 Å². The standard InChI is InChI=1S/C13H15N5/c1-8-6-9(10(14)7-17-8)13(15)11-4-3-5-12(16-2)18-11/h3-7,15H,14H2,1-2H3,(H,16,18). The van der Waals surface area contributed by atoms with E-state index >= 15 is 0 Å². The molecule has 0 unspecified atom stereocenters. The summed E-state index contributed by atoms with van der Waals surface area (Å²) in [6, 6.07) is 7.29. The Morgan fingerprint density at radius 1 is 1.39 bits per heavy atom. The lowest BCUT2D eigenvalue weighted by molar-refractivity contribution is 1.19. The number of anilines is 2. The largest absolute Gasteiger partial charge is 0.397 e. The predicted octanol–water partition coefficient (Wildman–Crippen LogP) is 1.83. The monoisotopic (exact) mass is 241 g/mol. The Bertz CT molecular complexity index is 592. The zero-order valence-electron chi connectivity index (χ0n) is 10.4. The van der Waals surface area contributed by atoms with Crippen LogP contribution in [0.15, 0.2) is 30.5 Å². The van der Waals surface area contributed by atoms with Crippen LogP contribution in [-0.4, -0.2) is 22.7 Å². The van der Waals surface area contributed by atoms with E-state index in [9.17, 15) is 0 Å². The van der Waals surface area contributed by atoms with Gasteiger partial charge in [-0.1, -0.05) is 6.07 Å². The van der Waals surface area contributed by atoms with E-state index < -0.39 is 0 Å². The number of nitrogens with two attached hydrogens (primary N) is 1. The number of hydrogen-bond acceptors (Lipinski definition) is 5. The van der Waals surface area contributed by atoms with Crippen LogP contribution in [0.3, 0.4) is 0 Å². The molecule has 18 heavy (non-hydrogen) atoms. The zero-order valence-corrected chi connectivity index (χ0v) is 10.4. The van der Waals surface area contributed by atoms with E-state index in [0.29, 0.717) is 22.7 Å². The summed E-state index contributed by atoms with van der Waals surface area (Å²) in [4.78, 5) is 8.42. The normalized spacial score (nSPS) is 10.1. The molecule has 2 heterocycles. The van der Waals surface area contributed by atoms with Crippen LogP contribution in [0.2, 0.25) is 0 Å². The number of nitrogens with zero attached hydrogens (tertiary/aromatic N) is 2. The van der Waals surface area contributed by atoms with Crippen molar-refractivity contribution in [2.75, 3.05) is 18.1 Å². The van der Waals surface area contributed by atoms with Crippen LogP contribution in [-0.2, 0) is 0 Å². The second-order valence-corrected chi connectivity index (χ2v) is 3.95. The van der Waals surface area contributed by atoms with Gasteiger partial charge in [0.15, 0.2) is 0 Å². The van der Waals surface area contributed by atoms with Gasteiger partial charge in [0, 0.05) is 18.3 Å². The van der Waals surface area contributed by atoms with Crippen molar-refractivity contribution in [1.82, 2.24) is 9.97 Å². The summed E-state index contributed by atoms with van der Waals surface area (Å²) < 4.78 is 0. The third-order valence-electron chi connectivity index (χ3n) is 2.60. The van der Waals surface area contributed by atoms with Gasteiger partial charge in [0.2, 0.25) is 0 Å². The fourth-order valence-electron chi connectivity index (χ4n) is 1.64. The first-order valence-electron chi connectivity index (χ1n) is 5.58. The third kappa shape index (κ3) is 2.29. The molecule has 0 aliphatic carbocycles. The maximum atomic E-state index is 8.18. The van der Waals surface area contributed by atoms with Crippen LogP contribution in [0.25, 0.3) is 0 Å². The van der Waals surface area contributed by atoms with E-state index in [1.807, 2.05) is 19.1 Å². The molecule has 4 N–H and O–H groups in total. The molecule has 0 amide bonds. The van der Waals surface area contributed by atoms with Crippen LogP contribution in [0.5, 0.6) is 0 Å². The quantitative estimate of drug-likeness (QED) is 0.715. The summed E-state index contributed by atoms with van der Waals surface area (Å²) in [5.74, 6) is 0.724. The second-order valence-electron chi connectivity index (χ2n) is 3.95. The summed E-state index contributed by atoms with van der Waals surface area (Å²) in [7, 11) is 1.79. The number of pyridine rings is 2. The molecule has 2 aromatic heterocycles. The number of hydrogen-bond donors (Lipinski definition) is 3. The van der Waals surface area contributed by atoms with Gasteiger partial charge in [0.25, 0.3) is 0 Å². The molecule has 5 nitrogen and oxygen atoms in total. The SMILES string of the molecule is CNc1cccc(C(=N)c2cc(C)ncc2N)n1. The number of nitrogen functional groups attached to an aromatic ring is 1. The smallest absolute Gasteiger partial charge is 0.126 e. The minimum atomic E-state index is 0.301. The summed E-state index contributed by atoms with van der Waals surface area (Å²) in [5.41, 5.74) is 8.71. The lowest BCUT2D eigenvalue weighted by Gasteiger charge is -2.08. The van der Waals surface area contributed by atoms with E-state index in [4.69, 9.17) is 11.1 Å². The fraction of sp³-hybridized carbons (Fsp3) is 0.154. The second kappa shape index (κ2) is 4.83. The number of aromatic nitrogens is 2. The molecule has 0 spiro atoms. The van der Waals surface area contributed by atoms with Crippen molar-refractivity contribution < 1.29 is 0 Å². The highest BCUT2D eigenvalue weighted by Gasteiger charge is 2.10. The molecule has 2 aromatic rings. The van der Waals surface area contributed by atoms with Crippen molar-refractivity contribution in [3.8, 4) is 0 Å². The van der Waals surface area contributed by atoms with Crippen molar-refractivity contribution in [1.29, 1.82) is 5.41 Å². The Balaban J connectivity index is 2.44. The van der Waals surface area contributed by atoms with Crippen LogP contribution in [0, 0.1) is 12.3 Å². The fourth-order valence-corrected chi connectivity index (χ4v) is 1.64. The maximum absolute atomic E-state index is 8.18. The molecular weight excluding hydrogens is 226 g/mol. The highest BCUT2D eigenvalue weighted by atomic mass is 15.0. The van der Waals surface area contributed by atoms with Gasteiger partial charge in [-0.2, -0.15) is 0 Å². The maximum Gasteiger partial charge on any atom is 0.126 e. The molecule has 0 bridgehead atoms. The molecule has 2 rings (SSSR count). The molecule has 0 aliphatic heterocycles.